The molecule has 2 rings (SSSR count). The first-order chi connectivity index (χ1) is 7.15. The van der Waals surface area contributed by atoms with Gasteiger partial charge >= 0.3 is 0 Å². The molecule has 1 aromatic heterocycles. The number of hydrogen-bond donors (Lipinski definition) is 0. The van der Waals surface area contributed by atoms with Gasteiger partial charge in [-0.1, -0.05) is 5.56 Å². The summed E-state index contributed by atoms with van der Waals surface area (Å²) in [7, 11) is -0.545. The third kappa shape index (κ3) is 1.84. The molecule has 15 heavy (non-hydrogen) atoms. The molecule has 0 saturated carbocycles. The quantitative estimate of drug-likeness (QED) is 0.407. The first-order valence-electron chi connectivity index (χ1n) is 4.88. The molecule has 1 fully saturated rings. The molecule has 82 valence electrons. The molecule has 5 heteroatoms. The van der Waals surface area contributed by atoms with Gasteiger partial charge < -0.3 is 5.21 Å². The molecule has 1 saturated heterocycles. The van der Waals surface area contributed by atoms with Gasteiger partial charge in [0.2, 0.25) is 0 Å². The summed E-state index contributed by atoms with van der Waals surface area (Å²) in [5.74, 6) is 0.644. The standard InChI is InChI=1S/C10H13N2O2S/c1-11-15(14)7-3-5-10(15)9-4-2-6-12(13)8-9/h2,4,8,10H,3,5,7H2,1H3/q-1. The second kappa shape index (κ2) is 3.81. The van der Waals surface area contributed by atoms with E-state index in [-0.39, 0.29) is 5.25 Å². The molecular weight excluding hydrogens is 212 g/mol. The molecule has 0 spiro atoms. The van der Waals surface area contributed by atoms with Crippen LogP contribution >= 0.6 is 0 Å². The summed E-state index contributed by atoms with van der Waals surface area (Å²) in [4.78, 5) is 0. The van der Waals surface area contributed by atoms with Gasteiger partial charge in [0.25, 0.3) is 0 Å². The Labute approximate surface area is 89.7 Å². The van der Waals surface area contributed by atoms with Crippen LogP contribution in [0.2, 0.25) is 0 Å². The number of aromatic nitrogens is 1. The molecule has 0 N–H and O–H groups in total. The van der Waals surface area contributed by atoms with Crippen LogP contribution in [-0.4, -0.2) is 17.0 Å². The van der Waals surface area contributed by atoms with E-state index in [1.807, 2.05) is 0 Å². The monoisotopic (exact) mass is 225 g/mol. The van der Waals surface area contributed by atoms with Crippen molar-refractivity contribution >= 4 is 9.73 Å². The Hall–Kier alpha value is -1.10. The van der Waals surface area contributed by atoms with Crippen molar-refractivity contribution in [2.75, 3.05) is 12.8 Å². The third-order valence-corrected chi connectivity index (χ3v) is 5.66. The minimum atomic E-state index is -2.14. The number of hydrogen-bond acceptors (Lipinski definition) is 3. The van der Waals surface area contributed by atoms with Crippen LogP contribution in [-0.2, 0) is 9.73 Å². The van der Waals surface area contributed by atoms with Crippen molar-refractivity contribution in [3.63, 3.8) is 0 Å². The van der Waals surface area contributed by atoms with Crippen LogP contribution < -0.4 is 4.73 Å². The molecule has 4 nitrogen and oxygen atoms in total. The average molecular weight is 225 g/mol. The van der Waals surface area contributed by atoms with E-state index in [0.717, 1.165) is 18.4 Å². The van der Waals surface area contributed by atoms with Gasteiger partial charge in [0.15, 0.2) is 0 Å². The Kier molecular flexibility index (Phi) is 2.65. The van der Waals surface area contributed by atoms with Crippen molar-refractivity contribution in [1.82, 2.24) is 0 Å². The highest BCUT2D eigenvalue weighted by atomic mass is 32.2. The second-order valence-corrected chi connectivity index (χ2v) is 6.35. The lowest BCUT2D eigenvalue weighted by molar-refractivity contribution is -0.610. The van der Waals surface area contributed by atoms with E-state index >= 15 is 0 Å². The van der Waals surface area contributed by atoms with Crippen molar-refractivity contribution in [2.24, 2.45) is 4.36 Å². The van der Waals surface area contributed by atoms with Gasteiger partial charge in [-0.3, -0.25) is 4.73 Å². The van der Waals surface area contributed by atoms with Gasteiger partial charge in [-0.15, -0.1) is 6.07 Å². The molecule has 1 aromatic rings. The summed E-state index contributed by atoms with van der Waals surface area (Å²) in [5, 5.41) is 11.0. The second-order valence-electron chi connectivity index (χ2n) is 3.62. The van der Waals surface area contributed by atoms with E-state index in [1.165, 1.54) is 6.20 Å². The molecule has 0 radical (unpaired) electrons. The lowest BCUT2D eigenvalue weighted by Crippen LogP contribution is -2.26. The average Bonchev–Trinajstić information content (AvgIpc) is 2.61. The van der Waals surface area contributed by atoms with E-state index in [0.29, 0.717) is 10.5 Å². The van der Waals surface area contributed by atoms with Crippen LogP contribution in [0.5, 0.6) is 0 Å². The van der Waals surface area contributed by atoms with Crippen molar-refractivity contribution in [1.29, 1.82) is 0 Å². The maximum absolute atomic E-state index is 12.3. The van der Waals surface area contributed by atoms with Gasteiger partial charge in [0, 0.05) is 12.8 Å². The van der Waals surface area contributed by atoms with Gasteiger partial charge in [-0.05, 0) is 12.8 Å². The van der Waals surface area contributed by atoms with E-state index in [2.05, 4.69) is 10.6 Å². The largest absolute Gasteiger partial charge is 0.641 e. The fourth-order valence-corrected chi connectivity index (χ4v) is 4.41. The summed E-state index contributed by atoms with van der Waals surface area (Å²) >= 11 is 0. The molecule has 2 unspecified atom stereocenters. The fourth-order valence-electron chi connectivity index (χ4n) is 2.01. The SMILES string of the molecule is CN=S1(=O)CCCC1c1cc[c-][n+]([O-])c1. The Morgan fingerprint density at radius 1 is 1.73 bits per heavy atom. The van der Waals surface area contributed by atoms with Crippen molar-refractivity contribution in [2.45, 2.75) is 18.1 Å². The predicted octanol–water partition coefficient (Wildman–Crippen LogP) is 1.05. The lowest BCUT2D eigenvalue weighted by atomic mass is 10.1. The molecule has 0 bridgehead atoms. The maximum atomic E-state index is 12.3. The Balaban J connectivity index is 2.44. The van der Waals surface area contributed by atoms with Gasteiger partial charge in [0.1, 0.15) is 6.20 Å². The highest BCUT2D eigenvalue weighted by Crippen LogP contribution is 2.35. The Morgan fingerprint density at radius 3 is 3.20 bits per heavy atom. The maximum Gasteiger partial charge on any atom is 0.125 e. The highest BCUT2D eigenvalue weighted by Gasteiger charge is 2.29. The van der Waals surface area contributed by atoms with Crippen LogP contribution in [0, 0.1) is 11.4 Å². The van der Waals surface area contributed by atoms with Crippen molar-refractivity contribution in [3.05, 3.63) is 35.3 Å². The Bertz CT molecular complexity index is 478. The number of rotatable bonds is 1. The predicted molar refractivity (Wildman–Crippen MR) is 57.6 cm³/mol. The van der Waals surface area contributed by atoms with Gasteiger partial charge in [-0.2, -0.15) is 6.07 Å². The number of pyridine rings is 1. The first kappa shape index (κ1) is 10.4. The molecule has 1 aliphatic heterocycles. The minimum absolute atomic E-state index is 0.0858. The molecule has 2 heterocycles. The van der Waals surface area contributed by atoms with Crippen LogP contribution in [0.1, 0.15) is 23.7 Å². The highest BCUT2D eigenvalue weighted by molar-refractivity contribution is 7.94. The summed E-state index contributed by atoms with van der Waals surface area (Å²) in [6, 6.07) is 3.37. The molecule has 1 aliphatic rings. The van der Waals surface area contributed by atoms with Crippen LogP contribution in [0.15, 0.2) is 22.7 Å². The zero-order chi connectivity index (χ0) is 10.9. The zero-order valence-electron chi connectivity index (χ0n) is 8.55. The van der Waals surface area contributed by atoms with Crippen molar-refractivity contribution < 1.29 is 8.94 Å². The summed E-state index contributed by atoms with van der Waals surface area (Å²) < 4.78 is 17.0. The van der Waals surface area contributed by atoms with E-state index in [9.17, 15) is 9.42 Å². The third-order valence-electron chi connectivity index (χ3n) is 2.77. The Morgan fingerprint density at radius 2 is 2.53 bits per heavy atom. The number of nitrogens with zero attached hydrogens (tertiary/aromatic N) is 2. The molecule has 0 aromatic carbocycles. The fraction of sp³-hybridized carbons (Fsp3) is 0.500. The van der Waals surface area contributed by atoms with E-state index < -0.39 is 9.73 Å². The lowest BCUT2D eigenvalue weighted by Gasteiger charge is -2.16. The summed E-state index contributed by atoms with van der Waals surface area (Å²) in [6.45, 7) is 0. The van der Waals surface area contributed by atoms with E-state index in [1.54, 1.807) is 19.2 Å². The van der Waals surface area contributed by atoms with Crippen molar-refractivity contribution in [3.8, 4) is 0 Å². The minimum Gasteiger partial charge on any atom is -0.641 e. The normalized spacial score (nSPS) is 30.3. The smallest absolute Gasteiger partial charge is 0.125 e. The molecular formula is C10H13N2O2S-. The van der Waals surface area contributed by atoms with Crippen LogP contribution in [0.25, 0.3) is 0 Å². The zero-order valence-corrected chi connectivity index (χ0v) is 9.37. The van der Waals surface area contributed by atoms with Crippen LogP contribution in [0.3, 0.4) is 0 Å². The molecule has 0 amide bonds. The first-order valence-corrected chi connectivity index (χ1v) is 6.63. The molecule has 0 aliphatic carbocycles. The van der Waals surface area contributed by atoms with Gasteiger partial charge in [-0.25, -0.2) is 8.57 Å². The van der Waals surface area contributed by atoms with Gasteiger partial charge in [0.05, 0.1) is 21.2 Å². The topological polar surface area (TPSA) is 56.4 Å². The molecule has 2 atom stereocenters. The van der Waals surface area contributed by atoms with E-state index in [4.69, 9.17) is 0 Å². The summed E-state index contributed by atoms with van der Waals surface area (Å²) in [6.07, 6.45) is 5.69. The van der Waals surface area contributed by atoms with Crippen LogP contribution in [0.4, 0.5) is 0 Å². The summed E-state index contributed by atoms with van der Waals surface area (Å²) in [5.41, 5.74) is 0.817.